The molecule has 0 radical (unpaired) electrons. The number of aromatic hydroxyl groups is 1. The van der Waals surface area contributed by atoms with Crippen LogP contribution < -0.4 is 15.5 Å². The van der Waals surface area contributed by atoms with E-state index in [4.69, 9.17) is 35.4 Å². The Labute approximate surface area is 187 Å². The molecule has 0 saturated carbocycles. The quantitative estimate of drug-likeness (QED) is 0.257. The normalized spacial score (nSPS) is 13.6. The number of nitro groups is 1. The Morgan fingerprint density at radius 1 is 1.17 bits per heavy atom. The van der Waals surface area contributed by atoms with Crippen LogP contribution in [0.3, 0.4) is 0 Å². The van der Waals surface area contributed by atoms with Crippen LogP contribution in [0.1, 0.15) is 29.6 Å². The molecule has 2 aromatic carbocycles. The SMILES string of the molecule is O=C(NC(=S)Nc1cc(Cl)cc(Cl)c1O)c1ccc(N2CCCCC2)c([N+](=O)[O-])c1. The van der Waals surface area contributed by atoms with Crippen molar-refractivity contribution < 1.29 is 14.8 Å². The molecule has 158 valence electrons. The fraction of sp³-hybridized carbons (Fsp3) is 0.263. The molecule has 8 nitrogen and oxygen atoms in total. The molecule has 1 aliphatic rings. The maximum Gasteiger partial charge on any atom is 0.293 e. The number of piperidine rings is 1. The van der Waals surface area contributed by atoms with Gasteiger partial charge in [-0.05, 0) is 55.7 Å². The molecule has 0 unspecified atom stereocenters. The minimum absolute atomic E-state index is 0.0167. The molecule has 3 N–H and O–H groups in total. The van der Waals surface area contributed by atoms with Gasteiger partial charge >= 0.3 is 0 Å². The van der Waals surface area contributed by atoms with Gasteiger partial charge in [-0.2, -0.15) is 0 Å². The van der Waals surface area contributed by atoms with Crippen LogP contribution >= 0.6 is 35.4 Å². The van der Waals surface area contributed by atoms with E-state index < -0.39 is 10.8 Å². The van der Waals surface area contributed by atoms with Crippen molar-refractivity contribution in [3.63, 3.8) is 0 Å². The van der Waals surface area contributed by atoms with E-state index in [-0.39, 0.29) is 37.8 Å². The van der Waals surface area contributed by atoms with Gasteiger partial charge in [-0.25, -0.2) is 0 Å². The minimum Gasteiger partial charge on any atom is -0.504 e. The van der Waals surface area contributed by atoms with Gasteiger partial charge in [0, 0.05) is 29.7 Å². The Bertz CT molecular complexity index is 1010. The first-order chi connectivity index (χ1) is 14.3. The molecule has 1 aliphatic heterocycles. The lowest BCUT2D eigenvalue weighted by Crippen LogP contribution is -2.34. The monoisotopic (exact) mass is 468 g/mol. The van der Waals surface area contributed by atoms with E-state index in [1.165, 1.54) is 24.3 Å². The van der Waals surface area contributed by atoms with Crippen molar-refractivity contribution in [1.82, 2.24) is 5.32 Å². The van der Waals surface area contributed by atoms with Crippen LogP contribution in [0.4, 0.5) is 17.1 Å². The van der Waals surface area contributed by atoms with Gasteiger partial charge in [0.15, 0.2) is 10.9 Å². The molecule has 1 amide bonds. The number of phenolic OH excluding ortho intramolecular Hbond substituents is 1. The van der Waals surface area contributed by atoms with Gasteiger partial charge in [-0.3, -0.25) is 20.2 Å². The molecule has 0 spiro atoms. The molecule has 2 aromatic rings. The lowest BCUT2D eigenvalue weighted by atomic mass is 10.1. The highest BCUT2D eigenvalue weighted by Gasteiger charge is 2.23. The van der Waals surface area contributed by atoms with Gasteiger partial charge in [0.2, 0.25) is 0 Å². The van der Waals surface area contributed by atoms with Crippen LogP contribution in [-0.4, -0.2) is 34.1 Å². The molecule has 0 aliphatic carbocycles. The van der Waals surface area contributed by atoms with Crippen molar-refractivity contribution in [3.8, 4) is 5.75 Å². The number of halogens is 2. The first-order valence-corrected chi connectivity index (χ1v) is 10.3. The summed E-state index contributed by atoms with van der Waals surface area (Å²) in [6, 6.07) is 7.07. The summed E-state index contributed by atoms with van der Waals surface area (Å²) in [5, 5.41) is 26.7. The van der Waals surface area contributed by atoms with Crippen LogP contribution in [0.2, 0.25) is 10.0 Å². The minimum atomic E-state index is -0.631. The van der Waals surface area contributed by atoms with Crippen molar-refractivity contribution >= 4 is 63.5 Å². The van der Waals surface area contributed by atoms with Crippen LogP contribution in [0, 0.1) is 10.1 Å². The second-order valence-electron chi connectivity index (χ2n) is 6.70. The van der Waals surface area contributed by atoms with Gasteiger partial charge < -0.3 is 15.3 Å². The number of hydrogen-bond donors (Lipinski definition) is 3. The van der Waals surface area contributed by atoms with Crippen molar-refractivity contribution in [2.45, 2.75) is 19.3 Å². The van der Waals surface area contributed by atoms with E-state index in [1.54, 1.807) is 6.07 Å². The molecular formula is C19H18Cl2N4O4S. The number of carbonyl (C=O) groups excluding carboxylic acids is 1. The lowest BCUT2D eigenvalue weighted by Gasteiger charge is -2.28. The third-order valence-electron chi connectivity index (χ3n) is 4.63. The summed E-state index contributed by atoms with van der Waals surface area (Å²) >= 11 is 16.8. The standard InChI is InChI=1S/C19H18Cl2N4O4S/c20-12-9-13(21)17(26)14(10-12)22-19(30)23-18(27)11-4-5-15(16(8-11)25(28)29)24-6-2-1-3-7-24/h4-5,8-10,26H,1-3,6-7H2,(H2,22,23,27,30). The Balaban J connectivity index is 1.75. The number of nitro benzene ring substituents is 1. The smallest absolute Gasteiger partial charge is 0.293 e. The average Bonchev–Trinajstić information content (AvgIpc) is 2.71. The highest BCUT2D eigenvalue weighted by Crippen LogP contribution is 2.35. The summed E-state index contributed by atoms with van der Waals surface area (Å²) in [6.07, 6.45) is 3.04. The second-order valence-corrected chi connectivity index (χ2v) is 7.95. The molecule has 1 fully saturated rings. The molecule has 0 aromatic heterocycles. The van der Waals surface area contributed by atoms with Crippen molar-refractivity contribution in [2.75, 3.05) is 23.3 Å². The summed E-state index contributed by atoms with van der Waals surface area (Å²) in [4.78, 5) is 25.6. The third kappa shape index (κ3) is 5.10. The van der Waals surface area contributed by atoms with Crippen LogP contribution in [-0.2, 0) is 0 Å². The topological polar surface area (TPSA) is 108 Å². The van der Waals surface area contributed by atoms with Crippen LogP contribution in [0.25, 0.3) is 0 Å². The first kappa shape index (κ1) is 22.1. The maximum atomic E-state index is 12.5. The van der Waals surface area contributed by atoms with Gasteiger partial charge in [-0.1, -0.05) is 23.2 Å². The van der Waals surface area contributed by atoms with E-state index in [0.29, 0.717) is 5.69 Å². The Kier molecular flexibility index (Phi) is 6.96. The number of hydrogen-bond acceptors (Lipinski definition) is 6. The van der Waals surface area contributed by atoms with E-state index >= 15 is 0 Å². The summed E-state index contributed by atoms with van der Waals surface area (Å²) in [5.74, 6) is -0.910. The van der Waals surface area contributed by atoms with Gasteiger partial charge in [0.05, 0.1) is 15.6 Å². The maximum absolute atomic E-state index is 12.5. The van der Waals surface area contributed by atoms with Gasteiger partial charge in [-0.15, -0.1) is 0 Å². The van der Waals surface area contributed by atoms with Crippen molar-refractivity contribution in [3.05, 3.63) is 56.1 Å². The third-order valence-corrected chi connectivity index (χ3v) is 5.34. The van der Waals surface area contributed by atoms with E-state index in [2.05, 4.69) is 10.6 Å². The van der Waals surface area contributed by atoms with Crippen LogP contribution in [0.5, 0.6) is 5.75 Å². The molecule has 1 saturated heterocycles. The van der Waals surface area contributed by atoms with Gasteiger partial charge in [0.1, 0.15) is 5.69 Å². The summed E-state index contributed by atoms with van der Waals surface area (Å²) in [7, 11) is 0. The Hall–Kier alpha value is -2.62. The Morgan fingerprint density at radius 3 is 2.53 bits per heavy atom. The number of benzene rings is 2. The molecular weight excluding hydrogens is 451 g/mol. The first-order valence-electron chi connectivity index (χ1n) is 9.10. The molecule has 11 heteroatoms. The predicted molar refractivity (Wildman–Crippen MR) is 121 cm³/mol. The van der Waals surface area contributed by atoms with E-state index in [1.807, 2.05) is 4.90 Å². The number of carbonyl (C=O) groups is 1. The number of nitrogens with one attached hydrogen (secondary N) is 2. The average molecular weight is 469 g/mol. The Morgan fingerprint density at radius 2 is 1.87 bits per heavy atom. The zero-order chi connectivity index (χ0) is 21.8. The molecule has 30 heavy (non-hydrogen) atoms. The molecule has 1 heterocycles. The zero-order valence-corrected chi connectivity index (χ0v) is 18.0. The lowest BCUT2D eigenvalue weighted by molar-refractivity contribution is -0.384. The number of thiocarbonyl (C=S) groups is 1. The predicted octanol–water partition coefficient (Wildman–Crippen LogP) is 4.72. The van der Waals surface area contributed by atoms with Crippen molar-refractivity contribution in [2.24, 2.45) is 0 Å². The second kappa shape index (κ2) is 9.46. The fourth-order valence-electron chi connectivity index (χ4n) is 3.20. The van der Waals surface area contributed by atoms with Crippen molar-refractivity contribution in [1.29, 1.82) is 0 Å². The number of rotatable bonds is 4. The number of amides is 1. The summed E-state index contributed by atoms with van der Waals surface area (Å²) in [6.45, 7) is 1.48. The van der Waals surface area contributed by atoms with E-state index in [9.17, 15) is 20.0 Å². The van der Waals surface area contributed by atoms with Crippen LogP contribution in [0.15, 0.2) is 30.3 Å². The number of nitrogens with zero attached hydrogens (tertiary/aromatic N) is 2. The number of anilines is 2. The number of phenols is 1. The molecule has 0 bridgehead atoms. The molecule has 3 rings (SSSR count). The highest BCUT2D eigenvalue weighted by atomic mass is 35.5. The largest absolute Gasteiger partial charge is 0.504 e. The summed E-state index contributed by atoms with van der Waals surface area (Å²) < 4.78 is 0. The summed E-state index contributed by atoms with van der Waals surface area (Å²) in [5.41, 5.74) is 0.558. The highest BCUT2D eigenvalue weighted by molar-refractivity contribution is 7.80. The molecule has 0 atom stereocenters. The van der Waals surface area contributed by atoms with E-state index in [0.717, 1.165) is 32.4 Å². The van der Waals surface area contributed by atoms with Gasteiger partial charge in [0.25, 0.3) is 11.6 Å². The zero-order valence-electron chi connectivity index (χ0n) is 15.7. The fourth-order valence-corrected chi connectivity index (χ4v) is 3.90.